The molecule has 0 aromatic carbocycles. The average molecular weight is 269 g/mol. The van der Waals surface area contributed by atoms with E-state index >= 15 is 0 Å². The van der Waals surface area contributed by atoms with Crippen molar-refractivity contribution in [3.63, 3.8) is 0 Å². The van der Waals surface area contributed by atoms with Crippen molar-refractivity contribution in [2.24, 2.45) is 5.40 Å². The third-order valence-corrected chi connectivity index (χ3v) is 6.23. The molecule has 16 heavy (non-hydrogen) atoms. The lowest BCUT2D eigenvalue weighted by Gasteiger charge is -2.27. The van der Waals surface area contributed by atoms with Crippen molar-refractivity contribution < 1.29 is 21.8 Å². The molecule has 0 fully saturated rings. The van der Waals surface area contributed by atoms with Crippen LogP contribution in [-0.2, 0) is 21.8 Å². The molecule has 0 aromatic heterocycles. The summed E-state index contributed by atoms with van der Waals surface area (Å²) in [6.45, 7) is 9.39. The number of nitrogens with two attached hydrogens (primary N) is 1. The molecule has 98 valence electrons. The molecule has 0 unspecified atom stereocenters. The predicted octanol–water partition coefficient (Wildman–Crippen LogP) is 0.261. The molecule has 0 aromatic rings. The highest BCUT2D eigenvalue weighted by Crippen LogP contribution is 2.06. The lowest BCUT2D eigenvalue weighted by Crippen LogP contribution is -2.59. The van der Waals surface area contributed by atoms with Crippen molar-refractivity contribution >= 4 is 18.5 Å². The molecule has 0 bridgehead atoms. The Morgan fingerprint density at radius 2 is 1.31 bits per heavy atom. The maximum atomic E-state index is 5.93. The molecule has 0 atom stereocenters. The van der Waals surface area contributed by atoms with Gasteiger partial charge in [-0.05, 0) is 27.7 Å². The standard InChI is InChI=1S/C8H23NO5Si2/c1-5-10-15(11-6-2)14-16(9,12-7-3)13-8-4/h15H,5-9H2,1-4H3. The number of hydrogen-bond acceptors (Lipinski definition) is 6. The van der Waals surface area contributed by atoms with E-state index in [1.54, 1.807) is 0 Å². The summed E-state index contributed by atoms with van der Waals surface area (Å²) in [6.07, 6.45) is 0. The minimum Gasteiger partial charge on any atom is -0.377 e. The van der Waals surface area contributed by atoms with Gasteiger partial charge in [-0.15, -0.1) is 0 Å². The van der Waals surface area contributed by atoms with Crippen molar-refractivity contribution in [1.82, 2.24) is 0 Å². The van der Waals surface area contributed by atoms with Crippen LogP contribution in [-0.4, -0.2) is 44.9 Å². The fraction of sp³-hybridized carbons (Fsp3) is 1.00. The van der Waals surface area contributed by atoms with E-state index in [4.69, 9.17) is 27.2 Å². The SMILES string of the molecule is CCO[SiH](OCC)O[Si](N)(OCC)OCC. The third kappa shape index (κ3) is 6.71. The Balaban J connectivity index is 4.30. The normalized spacial score (nSPS) is 12.4. The Morgan fingerprint density at radius 3 is 1.62 bits per heavy atom. The van der Waals surface area contributed by atoms with Crippen LogP contribution in [0.25, 0.3) is 0 Å². The Kier molecular flexibility index (Phi) is 9.36. The van der Waals surface area contributed by atoms with Gasteiger partial charge in [-0.1, -0.05) is 0 Å². The zero-order valence-corrected chi connectivity index (χ0v) is 12.7. The Labute approximate surface area is 100 Å². The molecule has 6 nitrogen and oxygen atoms in total. The summed E-state index contributed by atoms with van der Waals surface area (Å²) < 4.78 is 27.0. The zero-order valence-electron chi connectivity index (χ0n) is 10.5. The average Bonchev–Trinajstić information content (AvgIpc) is 2.18. The Bertz CT molecular complexity index is 163. The van der Waals surface area contributed by atoms with E-state index in [0.717, 1.165) is 0 Å². The molecule has 8 heteroatoms. The van der Waals surface area contributed by atoms with E-state index < -0.39 is 18.5 Å². The summed E-state index contributed by atoms with van der Waals surface area (Å²) in [4.78, 5) is 0. The maximum Gasteiger partial charge on any atom is 0.586 e. The first-order chi connectivity index (χ1) is 7.61. The van der Waals surface area contributed by atoms with E-state index in [1.165, 1.54) is 0 Å². The highest BCUT2D eigenvalue weighted by molar-refractivity contribution is 6.64. The van der Waals surface area contributed by atoms with Gasteiger partial charge in [-0.3, -0.25) is 5.40 Å². The highest BCUT2D eigenvalue weighted by Gasteiger charge is 2.41. The van der Waals surface area contributed by atoms with Crippen LogP contribution in [0.2, 0.25) is 0 Å². The molecule has 0 rings (SSSR count). The summed E-state index contributed by atoms with van der Waals surface area (Å²) in [6, 6.07) is 0. The van der Waals surface area contributed by atoms with Crippen molar-refractivity contribution in [2.45, 2.75) is 27.7 Å². The van der Waals surface area contributed by atoms with Crippen molar-refractivity contribution in [2.75, 3.05) is 26.4 Å². The van der Waals surface area contributed by atoms with Crippen molar-refractivity contribution in [3.8, 4) is 0 Å². The van der Waals surface area contributed by atoms with E-state index in [9.17, 15) is 0 Å². The number of hydrogen-bond donors (Lipinski definition) is 1. The van der Waals surface area contributed by atoms with Gasteiger partial charge >= 0.3 is 18.5 Å². The molecule has 0 spiro atoms. The van der Waals surface area contributed by atoms with Gasteiger partial charge in [0.25, 0.3) is 0 Å². The fourth-order valence-electron chi connectivity index (χ4n) is 1.03. The summed E-state index contributed by atoms with van der Waals surface area (Å²) >= 11 is 0. The van der Waals surface area contributed by atoms with Crippen molar-refractivity contribution in [1.29, 1.82) is 0 Å². The monoisotopic (exact) mass is 269 g/mol. The van der Waals surface area contributed by atoms with Crippen LogP contribution in [0.4, 0.5) is 0 Å². The topological polar surface area (TPSA) is 72.2 Å². The zero-order chi connectivity index (χ0) is 12.4. The minimum absolute atomic E-state index is 0.447. The first-order valence-electron chi connectivity index (χ1n) is 5.59. The summed E-state index contributed by atoms with van der Waals surface area (Å²) in [5.74, 6) is 0. The lowest BCUT2D eigenvalue weighted by molar-refractivity contribution is 0.0703. The van der Waals surface area contributed by atoms with Gasteiger partial charge < -0.3 is 21.8 Å². The van der Waals surface area contributed by atoms with Crippen LogP contribution in [0.1, 0.15) is 27.7 Å². The molecule has 0 amide bonds. The first kappa shape index (κ1) is 16.2. The molecule has 0 radical (unpaired) electrons. The molecular formula is C8H23NO5Si2. The van der Waals surface area contributed by atoms with Gasteiger partial charge in [0.05, 0.1) is 0 Å². The molecule has 2 N–H and O–H groups in total. The van der Waals surface area contributed by atoms with Gasteiger partial charge in [0.1, 0.15) is 0 Å². The molecule has 0 aliphatic heterocycles. The predicted molar refractivity (Wildman–Crippen MR) is 64.7 cm³/mol. The van der Waals surface area contributed by atoms with Gasteiger partial charge in [0.15, 0.2) is 0 Å². The first-order valence-corrected chi connectivity index (χ1v) is 8.81. The molecule has 0 heterocycles. The van der Waals surface area contributed by atoms with Gasteiger partial charge in [0.2, 0.25) is 0 Å². The van der Waals surface area contributed by atoms with Gasteiger partial charge in [-0.2, -0.15) is 0 Å². The second-order valence-corrected chi connectivity index (χ2v) is 6.76. The van der Waals surface area contributed by atoms with Crippen molar-refractivity contribution in [3.05, 3.63) is 0 Å². The molecule has 0 aliphatic carbocycles. The molecule has 0 aliphatic rings. The van der Waals surface area contributed by atoms with E-state index in [-0.39, 0.29) is 0 Å². The Morgan fingerprint density at radius 1 is 0.875 bits per heavy atom. The van der Waals surface area contributed by atoms with Gasteiger partial charge in [-0.25, -0.2) is 0 Å². The maximum absolute atomic E-state index is 5.93. The Hall–Kier alpha value is 0.194. The van der Waals surface area contributed by atoms with E-state index in [2.05, 4.69) is 0 Å². The van der Waals surface area contributed by atoms with Crippen LogP contribution in [0.5, 0.6) is 0 Å². The third-order valence-electron chi connectivity index (χ3n) is 1.56. The van der Waals surface area contributed by atoms with E-state index in [1.807, 2.05) is 27.7 Å². The van der Waals surface area contributed by atoms with Crippen LogP contribution < -0.4 is 5.40 Å². The van der Waals surface area contributed by atoms with Crippen LogP contribution in [0.3, 0.4) is 0 Å². The lowest BCUT2D eigenvalue weighted by atomic mass is 10.9. The smallest absolute Gasteiger partial charge is 0.377 e. The summed E-state index contributed by atoms with van der Waals surface area (Å²) in [5.41, 5.74) is 0. The second-order valence-electron chi connectivity index (χ2n) is 2.79. The highest BCUT2D eigenvalue weighted by atomic mass is 28.5. The van der Waals surface area contributed by atoms with E-state index in [0.29, 0.717) is 26.4 Å². The van der Waals surface area contributed by atoms with Crippen LogP contribution >= 0.6 is 0 Å². The number of rotatable bonds is 10. The quantitative estimate of drug-likeness (QED) is 0.574. The molecule has 0 saturated heterocycles. The summed E-state index contributed by atoms with van der Waals surface area (Å²) in [7, 11) is -5.31. The fourth-order valence-corrected chi connectivity index (χ4v) is 4.72. The largest absolute Gasteiger partial charge is 0.586 e. The summed E-state index contributed by atoms with van der Waals surface area (Å²) in [5, 5.41) is 5.93. The van der Waals surface area contributed by atoms with Crippen LogP contribution in [0.15, 0.2) is 0 Å². The molecular weight excluding hydrogens is 246 g/mol. The van der Waals surface area contributed by atoms with Gasteiger partial charge in [0, 0.05) is 26.4 Å². The molecule has 0 saturated carbocycles. The minimum atomic E-state index is -3.08. The van der Waals surface area contributed by atoms with Crippen LogP contribution in [0, 0.1) is 0 Å². The second kappa shape index (κ2) is 9.25.